The number of ether oxygens (including phenoxy) is 1. The normalized spacial score (nSPS) is 17.1. The second-order valence-electron chi connectivity index (χ2n) is 4.99. The van der Waals surface area contributed by atoms with Gasteiger partial charge in [0.05, 0.1) is 6.33 Å². The summed E-state index contributed by atoms with van der Waals surface area (Å²) in [7, 11) is 0. The van der Waals surface area contributed by atoms with E-state index < -0.39 is 0 Å². The van der Waals surface area contributed by atoms with E-state index in [4.69, 9.17) is 10.5 Å². The van der Waals surface area contributed by atoms with Crippen molar-refractivity contribution in [2.45, 2.75) is 19.4 Å². The molecule has 3 heterocycles. The Morgan fingerprint density at radius 3 is 3.15 bits per heavy atom. The Morgan fingerprint density at radius 1 is 1.35 bits per heavy atom. The molecule has 1 atom stereocenters. The number of fused-ring (bicyclic) bond motifs is 2. The summed E-state index contributed by atoms with van der Waals surface area (Å²) in [6, 6.07) is 6.06. The van der Waals surface area contributed by atoms with Crippen LogP contribution in [-0.4, -0.2) is 26.0 Å². The average Bonchev–Trinajstić information content (AvgIpc) is 3.01. The van der Waals surface area contributed by atoms with Crippen molar-refractivity contribution in [2.24, 2.45) is 0 Å². The number of hydrogen-bond donors (Lipinski definition) is 2. The summed E-state index contributed by atoms with van der Waals surface area (Å²) in [5, 5.41) is 0. The molecule has 0 bridgehead atoms. The summed E-state index contributed by atoms with van der Waals surface area (Å²) in [5.74, 6) is 1.17. The molecule has 0 aliphatic carbocycles. The number of imidazole rings is 1. The summed E-state index contributed by atoms with van der Waals surface area (Å²) in [6.45, 7) is 2.06. The van der Waals surface area contributed by atoms with Crippen LogP contribution >= 0.6 is 0 Å². The molecule has 1 aliphatic rings. The van der Waals surface area contributed by atoms with E-state index in [9.17, 15) is 0 Å². The molecule has 1 unspecified atom stereocenters. The molecule has 3 N–H and O–H groups in total. The van der Waals surface area contributed by atoms with Gasteiger partial charge in [0, 0.05) is 12.0 Å². The number of nitrogens with one attached hydrogen (secondary N) is 1. The van der Waals surface area contributed by atoms with Crippen LogP contribution in [0.4, 0.5) is 5.95 Å². The van der Waals surface area contributed by atoms with E-state index in [0.29, 0.717) is 5.65 Å². The molecule has 0 amide bonds. The molecular weight excluding hydrogens is 254 g/mol. The number of nitrogen functional groups attached to an aromatic ring is 1. The molecule has 6 nitrogen and oxygen atoms in total. The van der Waals surface area contributed by atoms with Gasteiger partial charge in [0.2, 0.25) is 5.95 Å². The Balaban J connectivity index is 1.92. The van der Waals surface area contributed by atoms with Crippen LogP contribution in [-0.2, 0) is 6.42 Å². The van der Waals surface area contributed by atoms with Gasteiger partial charge < -0.3 is 15.5 Å². The predicted molar refractivity (Wildman–Crippen MR) is 75.3 cm³/mol. The first kappa shape index (κ1) is 11.2. The minimum atomic E-state index is 0.225. The summed E-state index contributed by atoms with van der Waals surface area (Å²) < 4.78 is 5.72. The summed E-state index contributed by atoms with van der Waals surface area (Å²) in [4.78, 5) is 15.7. The highest BCUT2D eigenvalue weighted by Crippen LogP contribution is 2.33. The van der Waals surface area contributed by atoms with Gasteiger partial charge >= 0.3 is 0 Å². The van der Waals surface area contributed by atoms with Gasteiger partial charge in [-0.1, -0.05) is 0 Å². The van der Waals surface area contributed by atoms with Crippen LogP contribution < -0.4 is 10.5 Å². The zero-order valence-corrected chi connectivity index (χ0v) is 10.9. The van der Waals surface area contributed by atoms with Gasteiger partial charge in [0.15, 0.2) is 5.65 Å². The second kappa shape index (κ2) is 3.93. The third kappa shape index (κ3) is 1.61. The number of H-pyrrole nitrogens is 1. The maximum absolute atomic E-state index is 5.76. The van der Waals surface area contributed by atoms with E-state index in [1.165, 1.54) is 5.56 Å². The van der Waals surface area contributed by atoms with E-state index >= 15 is 0 Å². The van der Waals surface area contributed by atoms with Crippen LogP contribution in [0, 0.1) is 0 Å². The molecule has 2 aromatic heterocycles. The number of aromatic nitrogens is 4. The van der Waals surface area contributed by atoms with Crippen LogP contribution in [0.1, 0.15) is 12.5 Å². The van der Waals surface area contributed by atoms with Crippen molar-refractivity contribution >= 4 is 17.1 Å². The Labute approximate surface area is 115 Å². The third-order valence-corrected chi connectivity index (χ3v) is 3.47. The maximum Gasteiger partial charge on any atom is 0.222 e. The number of nitrogens with two attached hydrogens (primary N) is 1. The molecule has 0 saturated carbocycles. The first-order valence-corrected chi connectivity index (χ1v) is 6.47. The highest BCUT2D eigenvalue weighted by atomic mass is 16.5. The Hall–Kier alpha value is -2.63. The number of hydrogen-bond acceptors (Lipinski definition) is 5. The Bertz CT molecular complexity index is 810. The predicted octanol–water partition coefficient (Wildman–Crippen LogP) is 1.93. The van der Waals surface area contributed by atoms with Crippen molar-refractivity contribution in [1.29, 1.82) is 0 Å². The van der Waals surface area contributed by atoms with Crippen molar-refractivity contribution in [3.8, 4) is 17.0 Å². The van der Waals surface area contributed by atoms with E-state index in [1.54, 1.807) is 6.33 Å². The fraction of sp³-hybridized carbons (Fsp3) is 0.214. The lowest BCUT2D eigenvalue weighted by molar-refractivity contribution is 0.254. The van der Waals surface area contributed by atoms with Crippen molar-refractivity contribution in [3.63, 3.8) is 0 Å². The first-order valence-electron chi connectivity index (χ1n) is 6.47. The monoisotopic (exact) mass is 267 g/mol. The molecule has 1 aromatic carbocycles. The second-order valence-corrected chi connectivity index (χ2v) is 4.99. The Kier molecular flexibility index (Phi) is 2.20. The first-order chi connectivity index (χ1) is 9.70. The number of nitrogens with zero attached hydrogens (tertiary/aromatic N) is 3. The summed E-state index contributed by atoms with van der Waals surface area (Å²) in [5.41, 5.74) is 10.1. The molecule has 6 heteroatoms. The van der Waals surface area contributed by atoms with E-state index in [-0.39, 0.29) is 12.1 Å². The molecule has 1 aliphatic heterocycles. The van der Waals surface area contributed by atoms with E-state index in [2.05, 4.69) is 32.9 Å². The zero-order valence-electron chi connectivity index (χ0n) is 10.9. The molecule has 0 fully saturated rings. The SMILES string of the molecule is CC1Cc2cc(-c3nc(N)nc4nc[nH]c34)ccc2O1. The molecular formula is C14H13N5O. The lowest BCUT2D eigenvalue weighted by Crippen LogP contribution is -2.05. The van der Waals surface area contributed by atoms with Gasteiger partial charge in [0.1, 0.15) is 23.1 Å². The van der Waals surface area contributed by atoms with Crippen LogP contribution in [0.5, 0.6) is 5.75 Å². The van der Waals surface area contributed by atoms with Crippen molar-refractivity contribution < 1.29 is 4.74 Å². The van der Waals surface area contributed by atoms with Crippen LogP contribution in [0.2, 0.25) is 0 Å². The van der Waals surface area contributed by atoms with Gasteiger partial charge in [-0.05, 0) is 30.7 Å². The standard InChI is InChI=1S/C14H13N5O/c1-7-4-9-5-8(2-3-10(9)20-7)11-12-13(17-6-16-12)19-14(15)18-11/h2-3,5-7H,4H2,1H3,(H3,15,16,17,18,19). The van der Waals surface area contributed by atoms with Crippen LogP contribution in [0.25, 0.3) is 22.4 Å². The fourth-order valence-corrected chi connectivity index (χ4v) is 2.63. The molecule has 0 radical (unpaired) electrons. The van der Waals surface area contributed by atoms with Crippen LogP contribution in [0.15, 0.2) is 24.5 Å². The third-order valence-electron chi connectivity index (χ3n) is 3.47. The van der Waals surface area contributed by atoms with Crippen LogP contribution in [0.3, 0.4) is 0 Å². The highest BCUT2D eigenvalue weighted by molar-refractivity contribution is 5.88. The molecule has 0 saturated heterocycles. The summed E-state index contributed by atoms with van der Waals surface area (Å²) >= 11 is 0. The number of aromatic amines is 1. The molecule has 20 heavy (non-hydrogen) atoms. The number of rotatable bonds is 1. The van der Waals surface area contributed by atoms with Crippen molar-refractivity contribution in [3.05, 3.63) is 30.1 Å². The zero-order chi connectivity index (χ0) is 13.7. The lowest BCUT2D eigenvalue weighted by atomic mass is 10.0. The minimum absolute atomic E-state index is 0.225. The topological polar surface area (TPSA) is 89.7 Å². The van der Waals surface area contributed by atoms with E-state index in [0.717, 1.165) is 28.9 Å². The Morgan fingerprint density at radius 2 is 2.25 bits per heavy atom. The molecule has 0 spiro atoms. The number of anilines is 1. The lowest BCUT2D eigenvalue weighted by Gasteiger charge is -2.05. The quantitative estimate of drug-likeness (QED) is 0.703. The molecule has 100 valence electrons. The average molecular weight is 267 g/mol. The maximum atomic E-state index is 5.76. The highest BCUT2D eigenvalue weighted by Gasteiger charge is 2.20. The summed E-state index contributed by atoms with van der Waals surface area (Å²) in [6.07, 6.45) is 2.74. The molecule has 3 aromatic rings. The van der Waals surface area contributed by atoms with Gasteiger partial charge in [-0.3, -0.25) is 0 Å². The smallest absolute Gasteiger partial charge is 0.222 e. The van der Waals surface area contributed by atoms with E-state index in [1.807, 2.05) is 12.1 Å². The fourth-order valence-electron chi connectivity index (χ4n) is 2.63. The molecule has 4 rings (SSSR count). The van der Waals surface area contributed by atoms with Crippen molar-refractivity contribution in [2.75, 3.05) is 5.73 Å². The van der Waals surface area contributed by atoms with Gasteiger partial charge in [-0.25, -0.2) is 9.97 Å². The van der Waals surface area contributed by atoms with Gasteiger partial charge in [0.25, 0.3) is 0 Å². The minimum Gasteiger partial charge on any atom is -0.490 e. The number of benzene rings is 1. The largest absolute Gasteiger partial charge is 0.490 e. The van der Waals surface area contributed by atoms with Gasteiger partial charge in [-0.2, -0.15) is 4.98 Å². The van der Waals surface area contributed by atoms with Gasteiger partial charge in [-0.15, -0.1) is 0 Å². The van der Waals surface area contributed by atoms with Crippen molar-refractivity contribution in [1.82, 2.24) is 19.9 Å².